The van der Waals surface area contributed by atoms with Crippen LogP contribution in [0, 0.1) is 0 Å². The third-order valence-electron chi connectivity index (χ3n) is 2.76. The summed E-state index contributed by atoms with van der Waals surface area (Å²) >= 11 is 0. The average molecular weight is 221 g/mol. The van der Waals surface area contributed by atoms with E-state index in [0.717, 1.165) is 18.8 Å². The average Bonchev–Trinajstić information content (AvgIpc) is 2.30. The van der Waals surface area contributed by atoms with Crippen molar-refractivity contribution in [3.8, 4) is 0 Å². The highest BCUT2D eigenvalue weighted by Crippen LogP contribution is 2.22. The number of hydrogen-bond donors (Lipinski definition) is 2. The van der Waals surface area contributed by atoms with E-state index >= 15 is 0 Å². The molecule has 0 aromatic carbocycles. The van der Waals surface area contributed by atoms with Gasteiger partial charge in [-0.2, -0.15) is 0 Å². The Bertz CT molecular complexity index is 387. The predicted molar refractivity (Wildman–Crippen MR) is 62.0 cm³/mol. The number of primary amides is 1. The zero-order valence-electron chi connectivity index (χ0n) is 8.97. The van der Waals surface area contributed by atoms with Crippen LogP contribution < -0.4 is 16.4 Å². The Kier molecular flexibility index (Phi) is 2.80. The summed E-state index contributed by atoms with van der Waals surface area (Å²) in [7, 11) is 0. The van der Waals surface area contributed by atoms with Gasteiger partial charge in [0.2, 0.25) is 0 Å². The molecular formula is C10H15N5O. The number of pyridine rings is 1. The van der Waals surface area contributed by atoms with Gasteiger partial charge in [0, 0.05) is 32.4 Å². The van der Waals surface area contributed by atoms with Crippen LogP contribution in [0.2, 0.25) is 0 Å². The van der Waals surface area contributed by atoms with Crippen LogP contribution in [0.4, 0.5) is 16.2 Å². The molecule has 0 atom stereocenters. The zero-order chi connectivity index (χ0) is 11.5. The predicted octanol–water partition coefficient (Wildman–Crippen LogP) is -0.136. The van der Waals surface area contributed by atoms with E-state index in [1.807, 2.05) is 6.07 Å². The molecule has 1 fully saturated rings. The molecule has 86 valence electrons. The van der Waals surface area contributed by atoms with Gasteiger partial charge in [-0.1, -0.05) is 0 Å². The minimum Gasteiger partial charge on any atom is -0.396 e. The Hall–Kier alpha value is -1.98. The van der Waals surface area contributed by atoms with Crippen LogP contribution in [-0.2, 0) is 0 Å². The van der Waals surface area contributed by atoms with Crippen molar-refractivity contribution in [1.82, 2.24) is 9.88 Å². The first-order valence-electron chi connectivity index (χ1n) is 5.17. The summed E-state index contributed by atoms with van der Waals surface area (Å²) in [6, 6.07) is 1.53. The maximum absolute atomic E-state index is 11.0. The first kappa shape index (κ1) is 10.5. The van der Waals surface area contributed by atoms with Gasteiger partial charge in [0.25, 0.3) is 0 Å². The molecule has 0 radical (unpaired) electrons. The fourth-order valence-corrected chi connectivity index (χ4v) is 1.86. The first-order valence-corrected chi connectivity index (χ1v) is 5.17. The molecule has 1 aliphatic heterocycles. The molecule has 1 aromatic rings. The van der Waals surface area contributed by atoms with Crippen molar-refractivity contribution in [2.45, 2.75) is 0 Å². The summed E-state index contributed by atoms with van der Waals surface area (Å²) in [5.74, 6) is 0. The molecule has 16 heavy (non-hydrogen) atoms. The maximum atomic E-state index is 11.0. The lowest BCUT2D eigenvalue weighted by Crippen LogP contribution is -2.50. The van der Waals surface area contributed by atoms with Crippen LogP contribution >= 0.6 is 0 Å². The van der Waals surface area contributed by atoms with Crippen LogP contribution in [0.15, 0.2) is 18.5 Å². The molecule has 6 heteroatoms. The number of piperazine rings is 1. The molecule has 2 rings (SSSR count). The number of hydrogen-bond acceptors (Lipinski definition) is 4. The van der Waals surface area contributed by atoms with Gasteiger partial charge in [0.15, 0.2) is 0 Å². The van der Waals surface area contributed by atoms with E-state index in [2.05, 4.69) is 9.88 Å². The molecule has 0 bridgehead atoms. The number of nitrogens with two attached hydrogens (primary N) is 2. The van der Waals surface area contributed by atoms with Gasteiger partial charge in [0.05, 0.1) is 17.6 Å². The quantitative estimate of drug-likeness (QED) is 0.691. The van der Waals surface area contributed by atoms with Gasteiger partial charge >= 0.3 is 6.03 Å². The Morgan fingerprint density at radius 3 is 2.56 bits per heavy atom. The summed E-state index contributed by atoms with van der Waals surface area (Å²) in [5.41, 5.74) is 12.7. The standard InChI is InChI=1S/C10H15N5O/c11-8-7-13-2-1-9(8)14-3-5-15(6-4-14)10(12)16/h1-2,7H,3-6,11H2,(H2,12,16). The van der Waals surface area contributed by atoms with Gasteiger partial charge in [-0.05, 0) is 6.07 Å². The minimum atomic E-state index is -0.359. The number of rotatable bonds is 1. The zero-order valence-corrected chi connectivity index (χ0v) is 8.97. The van der Waals surface area contributed by atoms with Gasteiger partial charge in [-0.15, -0.1) is 0 Å². The molecule has 1 aromatic heterocycles. The van der Waals surface area contributed by atoms with E-state index < -0.39 is 0 Å². The highest BCUT2D eigenvalue weighted by Gasteiger charge is 2.20. The van der Waals surface area contributed by atoms with Gasteiger partial charge in [-0.3, -0.25) is 4.98 Å². The SMILES string of the molecule is NC(=O)N1CCN(c2ccncc2N)CC1. The molecule has 0 unspecified atom stereocenters. The lowest BCUT2D eigenvalue weighted by Gasteiger charge is -2.35. The molecule has 0 spiro atoms. The second-order valence-corrected chi connectivity index (χ2v) is 3.75. The van der Waals surface area contributed by atoms with E-state index in [1.165, 1.54) is 0 Å². The lowest BCUT2D eigenvalue weighted by atomic mass is 10.2. The third-order valence-corrected chi connectivity index (χ3v) is 2.76. The molecule has 6 nitrogen and oxygen atoms in total. The van der Waals surface area contributed by atoms with Gasteiger partial charge in [0.1, 0.15) is 0 Å². The summed E-state index contributed by atoms with van der Waals surface area (Å²) in [4.78, 5) is 18.7. The minimum absolute atomic E-state index is 0.359. The fourth-order valence-electron chi connectivity index (χ4n) is 1.86. The number of aromatic nitrogens is 1. The van der Waals surface area contributed by atoms with Crippen LogP contribution in [0.3, 0.4) is 0 Å². The monoisotopic (exact) mass is 221 g/mol. The third kappa shape index (κ3) is 2.00. The topological polar surface area (TPSA) is 88.5 Å². The van der Waals surface area contributed by atoms with Crippen molar-refractivity contribution in [3.05, 3.63) is 18.5 Å². The van der Waals surface area contributed by atoms with E-state index in [4.69, 9.17) is 11.5 Å². The van der Waals surface area contributed by atoms with Crippen LogP contribution in [0.1, 0.15) is 0 Å². The van der Waals surface area contributed by atoms with E-state index in [-0.39, 0.29) is 6.03 Å². The molecule has 1 aliphatic rings. The fraction of sp³-hybridized carbons (Fsp3) is 0.400. The molecule has 1 saturated heterocycles. The van der Waals surface area contributed by atoms with Crippen LogP contribution in [-0.4, -0.2) is 42.1 Å². The van der Waals surface area contributed by atoms with Gasteiger partial charge < -0.3 is 21.3 Å². The summed E-state index contributed by atoms with van der Waals surface area (Å²) < 4.78 is 0. The summed E-state index contributed by atoms with van der Waals surface area (Å²) in [6.45, 7) is 2.77. The van der Waals surface area contributed by atoms with Crippen molar-refractivity contribution in [1.29, 1.82) is 0 Å². The highest BCUT2D eigenvalue weighted by molar-refractivity contribution is 5.73. The Morgan fingerprint density at radius 1 is 1.31 bits per heavy atom. The number of carbonyl (C=O) groups excluding carboxylic acids is 1. The Morgan fingerprint density at radius 2 is 2.00 bits per heavy atom. The van der Waals surface area contributed by atoms with Gasteiger partial charge in [-0.25, -0.2) is 4.79 Å². The van der Waals surface area contributed by atoms with E-state index in [9.17, 15) is 4.79 Å². The van der Waals surface area contributed by atoms with Crippen molar-refractivity contribution in [2.75, 3.05) is 36.8 Å². The van der Waals surface area contributed by atoms with Crippen molar-refractivity contribution < 1.29 is 4.79 Å². The second-order valence-electron chi connectivity index (χ2n) is 3.75. The number of carbonyl (C=O) groups is 1. The van der Waals surface area contributed by atoms with E-state index in [1.54, 1.807) is 17.3 Å². The lowest BCUT2D eigenvalue weighted by molar-refractivity contribution is 0.204. The van der Waals surface area contributed by atoms with Crippen LogP contribution in [0.25, 0.3) is 0 Å². The number of nitrogens with zero attached hydrogens (tertiary/aromatic N) is 3. The highest BCUT2D eigenvalue weighted by atomic mass is 16.2. The summed E-state index contributed by atoms with van der Waals surface area (Å²) in [6.07, 6.45) is 3.35. The Labute approximate surface area is 93.8 Å². The number of amides is 2. The maximum Gasteiger partial charge on any atom is 0.314 e. The largest absolute Gasteiger partial charge is 0.396 e. The second kappa shape index (κ2) is 4.26. The van der Waals surface area contributed by atoms with E-state index in [0.29, 0.717) is 18.8 Å². The first-order chi connectivity index (χ1) is 7.68. The number of nitrogen functional groups attached to an aromatic ring is 1. The molecule has 0 saturated carbocycles. The van der Waals surface area contributed by atoms with Crippen molar-refractivity contribution in [3.63, 3.8) is 0 Å². The molecule has 4 N–H and O–H groups in total. The normalized spacial score (nSPS) is 16.2. The van der Waals surface area contributed by atoms with Crippen molar-refractivity contribution >= 4 is 17.4 Å². The number of anilines is 2. The molecule has 2 heterocycles. The smallest absolute Gasteiger partial charge is 0.314 e. The molecular weight excluding hydrogens is 206 g/mol. The summed E-state index contributed by atoms with van der Waals surface area (Å²) in [5, 5.41) is 0. The van der Waals surface area contributed by atoms with Crippen molar-refractivity contribution in [2.24, 2.45) is 5.73 Å². The van der Waals surface area contributed by atoms with Crippen LogP contribution in [0.5, 0.6) is 0 Å². The molecule has 0 aliphatic carbocycles. The molecule has 2 amide bonds. The number of urea groups is 1. The Balaban J connectivity index is 2.05.